The van der Waals surface area contributed by atoms with Crippen LogP contribution in [-0.4, -0.2) is 34.9 Å². The van der Waals surface area contributed by atoms with Crippen LogP contribution >= 0.6 is 0 Å². The van der Waals surface area contributed by atoms with Crippen LogP contribution in [0.2, 0.25) is 0 Å². The first kappa shape index (κ1) is 18.0. The van der Waals surface area contributed by atoms with E-state index in [4.69, 9.17) is 10.5 Å². The van der Waals surface area contributed by atoms with Gasteiger partial charge in [0.1, 0.15) is 11.4 Å². The highest BCUT2D eigenvalue weighted by molar-refractivity contribution is 6.00. The Balaban J connectivity index is 1.62. The average molecular weight is 368 g/mol. The molecule has 2 aromatic rings. The van der Waals surface area contributed by atoms with Crippen LogP contribution in [0.5, 0.6) is 5.75 Å². The van der Waals surface area contributed by atoms with Gasteiger partial charge in [0.2, 0.25) is 0 Å². The van der Waals surface area contributed by atoms with E-state index in [9.17, 15) is 4.79 Å². The predicted molar refractivity (Wildman–Crippen MR) is 104 cm³/mol. The van der Waals surface area contributed by atoms with Gasteiger partial charge in [0, 0.05) is 30.9 Å². The molecule has 27 heavy (non-hydrogen) atoms. The average Bonchev–Trinajstić information content (AvgIpc) is 3.04. The fourth-order valence-corrected chi connectivity index (χ4v) is 4.95. The summed E-state index contributed by atoms with van der Waals surface area (Å²) in [5.41, 5.74) is 8.30. The smallest absolute Gasteiger partial charge is 0.255 e. The molecule has 2 aliphatic carbocycles. The highest BCUT2D eigenvalue weighted by Gasteiger charge is 2.40. The van der Waals surface area contributed by atoms with Crippen molar-refractivity contribution in [3.63, 3.8) is 0 Å². The quantitative estimate of drug-likeness (QED) is 0.869. The van der Waals surface area contributed by atoms with Crippen molar-refractivity contribution < 1.29 is 9.53 Å². The Labute approximate surface area is 160 Å². The Kier molecular flexibility index (Phi) is 4.91. The third kappa shape index (κ3) is 3.46. The summed E-state index contributed by atoms with van der Waals surface area (Å²) in [7, 11) is 3.47. The number of nitrogens with two attached hydrogens (primary N) is 1. The number of hydrogen-bond acceptors (Lipinski definition) is 4. The Morgan fingerprint density at radius 2 is 1.96 bits per heavy atom. The molecule has 0 saturated heterocycles. The second-order valence-electron chi connectivity index (χ2n) is 7.95. The number of ether oxygens (including phenoxy) is 1. The lowest BCUT2D eigenvalue weighted by Crippen LogP contribution is -2.53. The number of para-hydroxylation sites is 1. The van der Waals surface area contributed by atoms with E-state index in [1.165, 1.54) is 6.42 Å². The molecule has 2 atom stereocenters. The number of carbonyl (C=O) groups excluding carboxylic acids is 1. The van der Waals surface area contributed by atoms with Gasteiger partial charge < -0.3 is 15.8 Å². The van der Waals surface area contributed by atoms with Crippen molar-refractivity contribution in [1.82, 2.24) is 15.1 Å². The molecule has 0 aliphatic heterocycles. The maximum Gasteiger partial charge on any atom is 0.255 e. The highest BCUT2D eigenvalue weighted by atomic mass is 16.5. The lowest BCUT2D eigenvalue weighted by Gasteiger charge is -2.45. The highest BCUT2D eigenvalue weighted by Crippen LogP contribution is 2.40. The topological polar surface area (TPSA) is 82.2 Å². The Bertz CT molecular complexity index is 817. The SMILES string of the molecule is COc1ccccc1-c1nn(C)cc1C(=O)NC1C2CCCC1CC(N)C2. The number of methoxy groups -OCH3 is 1. The molecule has 0 spiro atoms. The van der Waals surface area contributed by atoms with Crippen LogP contribution in [0.25, 0.3) is 11.3 Å². The van der Waals surface area contributed by atoms with Crippen LogP contribution in [0.15, 0.2) is 30.5 Å². The summed E-state index contributed by atoms with van der Waals surface area (Å²) in [6, 6.07) is 8.16. The molecule has 1 aromatic carbocycles. The minimum absolute atomic E-state index is 0.0543. The number of aromatic nitrogens is 2. The molecule has 2 unspecified atom stereocenters. The number of fused-ring (bicyclic) bond motifs is 2. The van der Waals surface area contributed by atoms with Gasteiger partial charge in [-0.2, -0.15) is 5.10 Å². The molecule has 3 N–H and O–H groups in total. The van der Waals surface area contributed by atoms with Crippen molar-refractivity contribution in [3.05, 3.63) is 36.0 Å². The summed E-state index contributed by atoms with van der Waals surface area (Å²) in [5.74, 6) is 1.64. The number of benzene rings is 1. The molecule has 2 bridgehead atoms. The van der Waals surface area contributed by atoms with Crippen molar-refractivity contribution >= 4 is 5.91 Å². The minimum atomic E-state index is -0.0543. The summed E-state index contributed by atoms with van der Waals surface area (Å²) in [6.45, 7) is 0. The second-order valence-corrected chi connectivity index (χ2v) is 7.95. The number of rotatable bonds is 4. The van der Waals surface area contributed by atoms with E-state index in [0.29, 0.717) is 28.8 Å². The zero-order valence-electron chi connectivity index (χ0n) is 16.0. The summed E-state index contributed by atoms with van der Waals surface area (Å²) < 4.78 is 7.16. The van der Waals surface area contributed by atoms with Crippen molar-refractivity contribution in [2.24, 2.45) is 24.6 Å². The van der Waals surface area contributed by atoms with Crippen molar-refractivity contribution in [3.8, 4) is 17.0 Å². The lowest BCUT2D eigenvalue weighted by molar-refractivity contribution is 0.0756. The van der Waals surface area contributed by atoms with Gasteiger partial charge in [-0.3, -0.25) is 9.48 Å². The number of hydrogen-bond donors (Lipinski definition) is 2. The number of nitrogens with zero attached hydrogens (tertiary/aromatic N) is 2. The Morgan fingerprint density at radius 3 is 2.67 bits per heavy atom. The molecule has 2 saturated carbocycles. The Morgan fingerprint density at radius 1 is 1.26 bits per heavy atom. The molecular formula is C21H28N4O2. The lowest BCUT2D eigenvalue weighted by atomic mass is 9.67. The third-order valence-corrected chi connectivity index (χ3v) is 6.11. The van der Waals surface area contributed by atoms with Crippen LogP contribution in [-0.2, 0) is 7.05 Å². The van der Waals surface area contributed by atoms with E-state index >= 15 is 0 Å². The van der Waals surface area contributed by atoms with Crippen molar-refractivity contribution in [2.75, 3.05) is 7.11 Å². The fraction of sp³-hybridized carbons (Fsp3) is 0.524. The van der Waals surface area contributed by atoms with Gasteiger partial charge in [0.15, 0.2) is 0 Å². The monoisotopic (exact) mass is 368 g/mol. The minimum Gasteiger partial charge on any atom is -0.496 e. The van der Waals surface area contributed by atoms with E-state index in [-0.39, 0.29) is 18.0 Å². The van der Waals surface area contributed by atoms with Gasteiger partial charge in [-0.25, -0.2) is 0 Å². The van der Waals surface area contributed by atoms with Crippen molar-refractivity contribution in [2.45, 2.75) is 44.2 Å². The molecule has 2 fully saturated rings. The maximum absolute atomic E-state index is 13.2. The van der Waals surface area contributed by atoms with Crippen LogP contribution < -0.4 is 15.8 Å². The van der Waals surface area contributed by atoms with E-state index in [0.717, 1.165) is 31.2 Å². The van der Waals surface area contributed by atoms with Gasteiger partial charge in [0.25, 0.3) is 5.91 Å². The summed E-state index contributed by atoms with van der Waals surface area (Å²) in [5, 5.41) is 7.87. The van der Waals surface area contributed by atoms with Gasteiger partial charge >= 0.3 is 0 Å². The molecule has 1 aromatic heterocycles. The van der Waals surface area contributed by atoms with Crippen LogP contribution in [0.3, 0.4) is 0 Å². The molecule has 6 nitrogen and oxygen atoms in total. The number of amides is 1. The normalized spacial score (nSPS) is 27.2. The van der Waals surface area contributed by atoms with E-state index < -0.39 is 0 Å². The fourth-order valence-electron chi connectivity index (χ4n) is 4.95. The van der Waals surface area contributed by atoms with Crippen LogP contribution in [0.1, 0.15) is 42.5 Å². The summed E-state index contributed by atoms with van der Waals surface area (Å²) >= 11 is 0. The van der Waals surface area contributed by atoms with Crippen LogP contribution in [0.4, 0.5) is 0 Å². The zero-order valence-corrected chi connectivity index (χ0v) is 16.0. The van der Waals surface area contributed by atoms with Crippen molar-refractivity contribution in [1.29, 1.82) is 0 Å². The molecule has 0 radical (unpaired) electrons. The molecule has 6 heteroatoms. The first-order chi connectivity index (χ1) is 13.1. The third-order valence-electron chi connectivity index (χ3n) is 6.11. The number of nitrogens with one attached hydrogen (secondary N) is 1. The van der Waals surface area contributed by atoms with E-state index in [2.05, 4.69) is 10.4 Å². The molecule has 144 valence electrons. The van der Waals surface area contributed by atoms with Gasteiger partial charge in [-0.1, -0.05) is 18.6 Å². The molecule has 4 rings (SSSR count). The van der Waals surface area contributed by atoms with E-state index in [1.807, 2.05) is 31.3 Å². The van der Waals surface area contributed by atoms with Gasteiger partial charge in [0.05, 0.1) is 12.7 Å². The standard InChI is InChI=1S/C21H28N4O2/c1-25-12-17(20(24-25)16-8-3-4-9-18(16)27-2)21(26)23-19-13-6-5-7-14(19)11-15(22)10-13/h3-4,8-9,12-15,19H,5-7,10-11,22H2,1-2H3,(H,23,26). The molecule has 1 amide bonds. The second kappa shape index (κ2) is 7.35. The largest absolute Gasteiger partial charge is 0.496 e. The molecule has 1 heterocycles. The zero-order chi connectivity index (χ0) is 19.0. The Hall–Kier alpha value is -2.34. The maximum atomic E-state index is 13.2. The molecular weight excluding hydrogens is 340 g/mol. The van der Waals surface area contributed by atoms with Gasteiger partial charge in [-0.15, -0.1) is 0 Å². The summed E-state index contributed by atoms with van der Waals surface area (Å²) in [4.78, 5) is 13.2. The van der Waals surface area contributed by atoms with E-state index in [1.54, 1.807) is 18.0 Å². The first-order valence-corrected chi connectivity index (χ1v) is 9.80. The first-order valence-electron chi connectivity index (χ1n) is 9.80. The predicted octanol–water partition coefficient (Wildman–Crippen LogP) is 2.73. The number of carbonyl (C=O) groups is 1. The van der Waals surface area contributed by atoms with Gasteiger partial charge in [-0.05, 0) is 49.7 Å². The molecule has 2 aliphatic rings. The summed E-state index contributed by atoms with van der Waals surface area (Å²) in [6.07, 6.45) is 7.36. The van der Waals surface area contributed by atoms with Crippen LogP contribution in [0, 0.1) is 11.8 Å². The number of aryl methyl sites for hydroxylation is 1.